The van der Waals surface area contributed by atoms with E-state index in [-0.39, 0.29) is 13.2 Å². The van der Waals surface area contributed by atoms with Crippen molar-refractivity contribution in [1.82, 2.24) is 4.90 Å². The van der Waals surface area contributed by atoms with Gasteiger partial charge in [-0.2, -0.15) is 0 Å². The molecule has 0 aromatic rings. The molecule has 0 atom stereocenters. The molecule has 0 aromatic carbocycles. The summed E-state index contributed by atoms with van der Waals surface area (Å²) in [5, 5.41) is 8.65. The van der Waals surface area contributed by atoms with Gasteiger partial charge in [0.05, 0.1) is 0 Å². The van der Waals surface area contributed by atoms with Gasteiger partial charge in [-0.25, -0.2) is 4.79 Å². The molecule has 0 saturated carbocycles. The highest BCUT2D eigenvalue weighted by atomic mass is 16.6. The highest BCUT2D eigenvalue weighted by molar-refractivity contribution is 5.77. The lowest BCUT2D eigenvalue weighted by Gasteiger charge is -2.33. The third-order valence-corrected chi connectivity index (χ3v) is 1.65. The number of amides is 1. The Morgan fingerprint density at radius 2 is 2.00 bits per heavy atom. The van der Waals surface area contributed by atoms with Crippen molar-refractivity contribution >= 4 is 12.1 Å². The Bertz CT molecular complexity index is 255. The van der Waals surface area contributed by atoms with Gasteiger partial charge in [-0.05, 0) is 20.8 Å². The molecular formula is C10H17NO4. The summed E-state index contributed by atoms with van der Waals surface area (Å²) in [7, 11) is 0. The third kappa shape index (κ3) is 5.05. The van der Waals surface area contributed by atoms with E-state index in [1.54, 1.807) is 20.8 Å². The molecule has 5 heteroatoms. The highest BCUT2D eigenvalue weighted by Crippen LogP contribution is 2.14. The Morgan fingerprint density at radius 1 is 1.47 bits per heavy atom. The zero-order valence-corrected chi connectivity index (χ0v) is 9.32. The van der Waals surface area contributed by atoms with Gasteiger partial charge in [0.25, 0.3) is 0 Å². The molecule has 1 amide bonds. The van der Waals surface area contributed by atoms with Crippen molar-refractivity contribution in [1.29, 1.82) is 0 Å². The van der Waals surface area contributed by atoms with Crippen LogP contribution < -0.4 is 0 Å². The van der Waals surface area contributed by atoms with Gasteiger partial charge >= 0.3 is 12.1 Å². The van der Waals surface area contributed by atoms with Crippen LogP contribution in [-0.2, 0) is 9.53 Å². The van der Waals surface area contributed by atoms with E-state index in [0.29, 0.717) is 0 Å². The first kappa shape index (κ1) is 13.5. The molecule has 0 unspecified atom stereocenters. The van der Waals surface area contributed by atoms with E-state index in [1.807, 2.05) is 0 Å². The number of hydrogen-bond donors (Lipinski definition) is 1. The van der Waals surface area contributed by atoms with Gasteiger partial charge in [-0.15, -0.1) is 0 Å². The number of nitrogens with zero attached hydrogens (tertiary/aromatic N) is 1. The van der Waals surface area contributed by atoms with Gasteiger partial charge in [0.15, 0.2) is 0 Å². The number of carboxylic acid groups (broad SMARTS) is 1. The second-order valence-corrected chi connectivity index (χ2v) is 4.02. The lowest BCUT2D eigenvalue weighted by atomic mass is 10.1. The number of carbonyl (C=O) groups is 2. The average Bonchev–Trinajstić information content (AvgIpc) is 2.08. The van der Waals surface area contributed by atoms with Crippen LogP contribution in [0.2, 0.25) is 0 Å². The van der Waals surface area contributed by atoms with Crippen molar-refractivity contribution in [3.63, 3.8) is 0 Å². The van der Waals surface area contributed by atoms with E-state index < -0.39 is 17.6 Å². The molecule has 0 fully saturated rings. The summed E-state index contributed by atoms with van der Waals surface area (Å²) in [4.78, 5) is 23.2. The molecule has 0 spiro atoms. The average molecular weight is 215 g/mol. The summed E-state index contributed by atoms with van der Waals surface area (Å²) in [6.07, 6.45) is 0.782. The van der Waals surface area contributed by atoms with Crippen molar-refractivity contribution in [2.75, 3.05) is 13.2 Å². The van der Waals surface area contributed by atoms with Crippen molar-refractivity contribution in [2.24, 2.45) is 0 Å². The Labute approximate surface area is 89.3 Å². The van der Waals surface area contributed by atoms with Crippen LogP contribution in [0.25, 0.3) is 0 Å². The van der Waals surface area contributed by atoms with E-state index in [9.17, 15) is 9.59 Å². The number of aliphatic carboxylic acids is 1. The zero-order chi connectivity index (χ0) is 12.1. The first-order chi connectivity index (χ1) is 6.79. The summed E-state index contributed by atoms with van der Waals surface area (Å²) >= 11 is 0. The van der Waals surface area contributed by atoms with E-state index >= 15 is 0 Å². The molecule has 5 nitrogen and oxygen atoms in total. The molecule has 0 heterocycles. The normalized spacial score (nSPS) is 10.6. The zero-order valence-electron chi connectivity index (χ0n) is 9.32. The molecule has 15 heavy (non-hydrogen) atoms. The van der Waals surface area contributed by atoms with Crippen molar-refractivity contribution < 1.29 is 19.4 Å². The van der Waals surface area contributed by atoms with Gasteiger partial charge in [-0.3, -0.25) is 9.69 Å². The van der Waals surface area contributed by atoms with Gasteiger partial charge in [0, 0.05) is 5.54 Å². The van der Waals surface area contributed by atoms with Crippen molar-refractivity contribution in [2.45, 2.75) is 26.3 Å². The fourth-order valence-corrected chi connectivity index (χ4v) is 0.919. The Balaban J connectivity index is 4.55. The monoisotopic (exact) mass is 215 g/mol. The van der Waals surface area contributed by atoms with Crippen LogP contribution in [0.3, 0.4) is 0 Å². The predicted molar refractivity (Wildman–Crippen MR) is 55.6 cm³/mol. The number of hydrogen-bond acceptors (Lipinski definition) is 3. The number of rotatable bonds is 4. The minimum Gasteiger partial charge on any atom is -0.480 e. The summed E-state index contributed by atoms with van der Waals surface area (Å²) in [6, 6.07) is 0. The summed E-state index contributed by atoms with van der Waals surface area (Å²) in [5.74, 6) is -1.07. The lowest BCUT2D eigenvalue weighted by molar-refractivity contribution is -0.139. The van der Waals surface area contributed by atoms with Crippen LogP contribution in [0.5, 0.6) is 0 Å². The molecule has 1 N–H and O–H groups in total. The summed E-state index contributed by atoms with van der Waals surface area (Å²) < 4.78 is 4.79. The summed E-state index contributed by atoms with van der Waals surface area (Å²) in [6.45, 7) is 8.33. The fraction of sp³-hybridized carbons (Fsp3) is 0.600. The SMILES string of the molecule is C=CCOC(=O)N(CC(=O)O)C(C)(C)C. The van der Waals surface area contributed by atoms with E-state index in [0.717, 1.165) is 4.90 Å². The molecule has 86 valence electrons. The number of carboxylic acids is 1. The first-order valence-electron chi connectivity index (χ1n) is 4.56. The van der Waals surface area contributed by atoms with E-state index in [4.69, 9.17) is 9.84 Å². The maximum atomic E-state index is 11.5. The molecule has 0 saturated heterocycles. The minimum absolute atomic E-state index is 0.0744. The maximum absolute atomic E-state index is 11.5. The van der Waals surface area contributed by atoms with E-state index in [2.05, 4.69) is 6.58 Å². The quantitative estimate of drug-likeness (QED) is 0.721. The van der Waals surface area contributed by atoms with Crippen molar-refractivity contribution in [3.05, 3.63) is 12.7 Å². The van der Waals surface area contributed by atoms with Gasteiger partial charge in [0.1, 0.15) is 13.2 Å². The third-order valence-electron chi connectivity index (χ3n) is 1.65. The fourth-order valence-electron chi connectivity index (χ4n) is 0.919. The molecule has 0 bridgehead atoms. The molecular weight excluding hydrogens is 198 g/mol. The Kier molecular flexibility index (Phi) is 4.84. The van der Waals surface area contributed by atoms with Crippen LogP contribution >= 0.6 is 0 Å². The second-order valence-electron chi connectivity index (χ2n) is 4.02. The number of carbonyl (C=O) groups excluding carboxylic acids is 1. The standard InChI is InChI=1S/C10H17NO4/c1-5-6-15-9(14)11(7-8(12)13)10(2,3)4/h5H,1,6-7H2,2-4H3,(H,12,13). The van der Waals surface area contributed by atoms with Gasteiger partial charge < -0.3 is 9.84 Å². The Hall–Kier alpha value is -1.52. The molecule has 0 aliphatic heterocycles. The van der Waals surface area contributed by atoms with E-state index in [1.165, 1.54) is 6.08 Å². The predicted octanol–water partition coefficient (Wildman–Crippen LogP) is 1.49. The van der Waals surface area contributed by atoms with Crippen molar-refractivity contribution in [3.8, 4) is 0 Å². The Morgan fingerprint density at radius 3 is 2.33 bits per heavy atom. The van der Waals surface area contributed by atoms with Crippen LogP contribution in [0, 0.1) is 0 Å². The van der Waals surface area contributed by atoms with Gasteiger partial charge in [0.2, 0.25) is 0 Å². The smallest absolute Gasteiger partial charge is 0.411 e. The lowest BCUT2D eigenvalue weighted by Crippen LogP contribution is -2.48. The van der Waals surface area contributed by atoms with Gasteiger partial charge in [-0.1, -0.05) is 12.7 Å². The van der Waals surface area contributed by atoms with Crippen LogP contribution in [0.4, 0.5) is 4.79 Å². The largest absolute Gasteiger partial charge is 0.480 e. The van der Waals surface area contributed by atoms with Crippen LogP contribution in [0.15, 0.2) is 12.7 Å². The molecule has 0 radical (unpaired) electrons. The topological polar surface area (TPSA) is 66.8 Å². The molecule has 0 aliphatic rings. The first-order valence-corrected chi connectivity index (χ1v) is 4.56. The second kappa shape index (κ2) is 5.38. The maximum Gasteiger partial charge on any atom is 0.411 e. The number of ether oxygens (including phenoxy) is 1. The minimum atomic E-state index is -1.07. The molecule has 0 rings (SSSR count). The van der Waals surface area contributed by atoms with Crippen LogP contribution in [-0.4, -0.2) is 40.8 Å². The summed E-state index contributed by atoms with van der Waals surface area (Å²) in [5.41, 5.74) is -0.587. The highest BCUT2D eigenvalue weighted by Gasteiger charge is 2.29. The van der Waals surface area contributed by atoms with Crippen LogP contribution in [0.1, 0.15) is 20.8 Å². The molecule has 0 aromatic heterocycles. The molecule has 0 aliphatic carbocycles.